The summed E-state index contributed by atoms with van der Waals surface area (Å²) in [4.78, 5) is 32.9. The number of amides is 1. The number of benzene rings is 2. The maximum atomic E-state index is 13.0. The number of pyridine rings is 1. The Morgan fingerprint density at radius 3 is 2.30 bits per heavy atom. The van der Waals surface area contributed by atoms with Crippen molar-refractivity contribution >= 4 is 28.2 Å². The molecular formula is C22H21N3O2. The predicted octanol–water partition coefficient (Wildman–Crippen LogP) is 3.40. The molecule has 27 heavy (non-hydrogen) atoms. The highest BCUT2D eigenvalue weighted by molar-refractivity contribution is 6.05. The van der Waals surface area contributed by atoms with Crippen LogP contribution in [-0.4, -0.2) is 47.8 Å². The first-order valence-electron chi connectivity index (χ1n) is 9.12. The van der Waals surface area contributed by atoms with Crippen molar-refractivity contribution in [1.29, 1.82) is 0 Å². The summed E-state index contributed by atoms with van der Waals surface area (Å²) in [5.41, 5.74) is 2.32. The predicted molar refractivity (Wildman–Crippen MR) is 106 cm³/mol. The van der Waals surface area contributed by atoms with E-state index >= 15 is 0 Å². The quantitative estimate of drug-likeness (QED) is 0.673. The van der Waals surface area contributed by atoms with Crippen molar-refractivity contribution in [1.82, 2.24) is 9.88 Å². The maximum absolute atomic E-state index is 13.0. The summed E-state index contributed by atoms with van der Waals surface area (Å²) < 4.78 is 0. The van der Waals surface area contributed by atoms with Gasteiger partial charge in [0.25, 0.3) is 5.91 Å². The van der Waals surface area contributed by atoms with Gasteiger partial charge >= 0.3 is 0 Å². The van der Waals surface area contributed by atoms with Gasteiger partial charge in [-0.2, -0.15) is 0 Å². The number of rotatable bonds is 3. The van der Waals surface area contributed by atoms with Crippen molar-refractivity contribution in [3.8, 4) is 0 Å². The molecule has 1 aliphatic heterocycles. The molecule has 0 bridgehead atoms. The highest BCUT2D eigenvalue weighted by Crippen LogP contribution is 2.21. The fraction of sp³-hybridized carbons (Fsp3) is 0.227. The third kappa shape index (κ3) is 3.40. The molecule has 1 fully saturated rings. The number of ketones is 1. The van der Waals surface area contributed by atoms with Crippen LogP contribution < -0.4 is 4.90 Å². The molecule has 1 aromatic heterocycles. The smallest absolute Gasteiger partial charge is 0.273 e. The Morgan fingerprint density at radius 1 is 0.889 bits per heavy atom. The van der Waals surface area contributed by atoms with Crippen LogP contribution in [0.15, 0.2) is 60.8 Å². The molecule has 0 N–H and O–H groups in total. The zero-order chi connectivity index (χ0) is 18.8. The van der Waals surface area contributed by atoms with E-state index in [1.807, 2.05) is 59.5 Å². The number of carbonyl (C=O) groups is 2. The first-order chi connectivity index (χ1) is 13.1. The summed E-state index contributed by atoms with van der Waals surface area (Å²) >= 11 is 0. The van der Waals surface area contributed by atoms with Gasteiger partial charge < -0.3 is 9.80 Å². The average molecular weight is 359 g/mol. The van der Waals surface area contributed by atoms with Crippen LogP contribution in [0.2, 0.25) is 0 Å². The number of carbonyl (C=O) groups excluding carboxylic acids is 2. The maximum Gasteiger partial charge on any atom is 0.273 e. The molecule has 0 saturated carbocycles. The Kier molecular flexibility index (Phi) is 4.59. The zero-order valence-corrected chi connectivity index (χ0v) is 15.3. The molecule has 1 amide bonds. The van der Waals surface area contributed by atoms with Crippen molar-refractivity contribution in [2.45, 2.75) is 6.92 Å². The monoisotopic (exact) mass is 359 g/mol. The molecule has 5 nitrogen and oxygen atoms in total. The van der Waals surface area contributed by atoms with Crippen LogP contribution in [0.25, 0.3) is 10.8 Å². The van der Waals surface area contributed by atoms with Crippen LogP contribution in [0, 0.1) is 0 Å². The van der Waals surface area contributed by atoms with E-state index in [0.29, 0.717) is 18.8 Å². The van der Waals surface area contributed by atoms with Crippen molar-refractivity contribution < 1.29 is 9.59 Å². The summed E-state index contributed by atoms with van der Waals surface area (Å²) in [6.45, 7) is 4.39. The van der Waals surface area contributed by atoms with Crippen LogP contribution in [0.4, 0.5) is 5.69 Å². The van der Waals surface area contributed by atoms with Gasteiger partial charge in [-0.15, -0.1) is 0 Å². The molecule has 1 saturated heterocycles. The lowest BCUT2D eigenvalue weighted by Crippen LogP contribution is -2.49. The van der Waals surface area contributed by atoms with Crippen molar-refractivity contribution in [2.24, 2.45) is 0 Å². The van der Waals surface area contributed by atoms with Gasteiger partial charge in [-0.25, -0.2) is 0 Å². The van der Waals surface area contributed by atoms with Gasteiger partial charge in [-0.05, 0) is 42.6 Å². The minimum atomic E-state index is -0.0154. The second kappa shape index (κ2) is 7.19. The summed E-state index contributed by atoms with van der Waals surface area (Å²) in [5.74, 6) is 0.0536. The molecule has 0 radical (unpaired) electrons. The minimum Gasteiger partial charge on any atom is -0.368 e. The molecule has 2 aromatic carbocycles. The molecule has 4 rings (SSSR count). The number of hydrogen-bond acceptors (Lipinski definition) is 4. The number of piperazine rings is 1. The number of fused-ring (bicyclic) bond motifs is 1. The van der Waals surface area contributed by atoms with E-state index in [1.165, 1.54) is 0 Å². The minimum absolute atomic E-state index is 0.0154. The fourth-order valence-electron chi connectivity index (χ4n) is 3.51. The van der Waals surface area contributed by atoms with Crippen LogP contribution >= 0.6 is 0 Å². The number of nitrogens with zero attached hydrogens (tertiary/aromatic N) is 3. The van der Waals surface area contributed by atoms with E-state index in [-0.39, 0.29) is 11.7 Å². The van der Waals surface area contributed by atoms with Gasteiger partial charge in [-0.3, -0.25) is 14.6 Å². The lowest BCUT2D eigenvalue weighted by atomic mass is 10.1. The van der Waals surface area contributed by atoms with Crippen molar-refractivity contribution in [3.05, 3.63) is 72.1 Å². The Hall–Kier alpha value is -3.21. The largest absolute Gasteiger partial charge is 0.368 e. The summed E-state index contributed by atoms with van der Waals surface area (Å²) in [5, 5.41) is 1.92. The van der Waals surface area contributed by atoms with E-state index in [9.17, 15) is 9.59 Å². The molecule has 3 aromatic rings. The lowest BCUT2D eigenvalue weighted by Gasteiger charge is -2.36. The fourth-order valence-corrected chi connectivity index (χ4v) is 3.51. The van der Waals surface area contributed by atoms with Crippen molar-refractivity contribution in [2.75, 3.05) is 31.1 Å². The van der Waals surface area contributed by atoms with Crippen LogP contribution in [0.3, 0.4) is 0 Å². The van der Waals surface area contributed by atoms with E-state index < -0.39 is 0 Å². The number of anilines is 1. The molecule has 0 unspecified atom stereocenters. The van der Waals surface area contributed by atoms with Gasteiger partial charge in [0.15, 0.2) is 5.78 Å². The second-order valence-corrected chi connectivity index (χ2v) is 6.76. The summed E-state index contributed by atoms with van der Waals surface area (Å²) in [6, 6.07) is 17.4. The Bertz CT molecular complexity index is 985. The number of aromatic nitrogens is 1. The Morgan fingerprint density at radius 2 is 1.59 bits per heavy atom. The standard InChI is InChI=1S/C22H21N3O2/c1-16(26)17-6-8-19(9-7-17)24-12-14-25(15-13-24)22(27)21-20-5-3-2-4-18(20)10-11-23-21/h2-11H,12-15H2,1H3. The van der Waals surface area contributed by atoms with Gasteiger partial charge in [0.1, 0.15) is 5.69 Å². The lowest BCUT2D eigenvalue weighted by molar-refractivity contribution is 0.0743. The van der Waals surface area contributed by atoms with Gasteiger partial charge in [0.2, 0.25) is 0 Å². The van der Waals surface area contributed by atoms with Crippen LogP contribution in [-0.2, 0) is 0 Å². The van der Waals surface area contributed by atoms with E-state index in [1.54, 1.807) is 13.1 Å². The van der Waals surface area contributed by atoms with Crippen LogP contribution in [0.5, 0.6) is 0 Å². The molecule has 0 atom stereocenters. The molecule has 2 heterocycles. The topological polar surface area (TPSA) is 53.5 Å². The first-order valence-corrected chi connectivity index (χ1v) is 9.12. The second-order valence-electron chi connectivity index (χ2n) is 6.76. The number of hydrogen-bond donors (Lipinski definition) is 0. The number of Topliss-reactive ketones (excluding diaryl/α,β-unsaturated/α-hetero) is 1. The normalized spacial score (nSPS) is 14.4. The Labute approximate surface area is 158 Å². The summed E-state index contributed by atoms with van der Waals surface area (Å²) in [7, 11) is 0. The van der Waals surface area contributed by atoms with Gasteiger partial charge in [0, 0.05) is 49.0 Å². The van der Waals surface area contributed by atoms with Crippen molar-refractivity contribution in [3.63, 3.8) is 0 Å². The molecular weight excluding hydrogens is 338 g/mol. The summed E-state index contributed by atoms with van der Waals surface area (Å²) in [6.07, 6.45) is 1.70. The van der Waals surface area contributed by atoms with E-state index in [4.69, 9.17) is 0 Å². The third-order valence-electron chi connectivity index (χ3n) is 5.08. The highest BCUT2D eigenvalue weighted by atomic mass is 16.2. The first kappa shape index (κ1) is 17.2. The molecule has 136 valence electrons. The average Bonchev–Trinajstić information content (AvgIpc) is 2.73. The SMILES string of the molecule is CC(=O)c1ccc(N2CCN(C(=O)c3nccc4ccccc34)CC2)cc1. The molecule has 0 aliphatic carbocycles. The zero-order valence-electron chi connectivity index (χ0n) is 15.3. The highest BCUT2D eigenvalue weighted by Gasteiger charge is 2.24. The molecule has 0 spiro atoms. The van der Waals surface area contributed by atoms with Gasteiger partial charge in [0.05, 0.1) is 0 Å². The van der Waals surface area contributed by atoms with Crippen LogP contribution in [0.1, 0.15) is 27.8 Å². The Balaban J connectivity index is 1.47. The molecule has 1 aliphatic rings. The third-order valence-corrected chi connectivity index (χ3v) is 5.08. The van der Waals surface area contributed by atoms with E-state index in [0.717, 1.165) is 35.1 Å². The molecule has 5 heteroatoms. The van der Waals surface area contributed by atoms with Gasteiger partial charge in [-0.1, -0.05) is 24.3 Å². The van der Waals surface area contributed by atoms with E-state index in [2.05, 4.69) is 9.88 Å².